The zero-order valence-corrected chi connectivity index (χ0v) is 7.18. The van der Waals surface area contributed by atoms with Crippen LogP contribution in [0, 0.1) is 0 Å². The molecule has 0 amide bonds. The fraction of sp³-hybridized carbons (Fsp3) is 0.167. The van der Waals surface area contributed by atoms with Crippen molar-refractivity contribution >= 4 is 7.94 Å². The molecule has 0 aliphatic rings. The molecule has 0 saturated carbocycles. The maximum atomic E-state index is 7.77. The van der Waals surface area contributed by atoms with Crippen molar-refractivity contribution in [2.45, 2.75) is 0 Å². The number of rotatable bonds is 0. The molecule has 4 nitrogen and oxygen atoms in total. The van der Waals surface area contributed by atoms with Gasteiger partial charge in [-0.3, -0.25) is 4.98 Å². The monoisotopic (exact) mass is 177 g/mol. The van der Waals surface area contributed by atoms with Crippen LogP contribution >= 0.6 is 7.94 Å². The smallest absolute Gasteiger partial charge is 0.0267 e. The van der Waals surface area contributed by atoms with E-state index in [9.17, 15) is 0 Å². The van der Waals surface area contributed by atoms with E-state index in [4.69, 9.17) is 14.7 Å². The molecule has 0 aliphatic carbocycles. The molecule has 0 spiro atoms. The number of aromatic nitrogens is 1. The molecule has 0 bridgehead atoms. The van der Waals surface area contributed by atoms with E-state index in [0.717, 1.165) is 6.66 Å². The van der Waals surface area contributed by atoms with E-state index in [0.29, 0.717) is 0 Å². The van der Waals surface area contributed by atoms with Gasteiger partial charge >= 0.3 is 29.3 Å². The summed E-state index contributed by atoms with van der Waals surface area (Å²) in [5, 5.41) is 0. The Hall–Kier alpha value is -0.540. The molecule has 0 saturated heterocycles. The molecule has 0 atom stereocenters. The minimum Gasteiger partial charge on any atom is -0.265 e. The normalized spacial score (nSPS) is 11.3. The van der Waals surface area contributed by atoms with Gasteiger partial charge in [0, 0.05) is 12.4 Å². The molecule has 1 aromatic heterocycles. The fourth-order valence-electron chi connectivity index (χ4n) is 0.313. The van der Waals surface area contributed by atoms with E-state index < -0.39 is 7.94 Å². The van der Waals surface area contributed by atoms with E-state index in [-0.39, 0.29) is 0 Å². The maximum Gasteiger partial charge on any atom is 0.0267 e. The molecule has 0 unspecified atom stereocenters. The molecule has 0 fully saturated rings. The van der Waals surface area contributed by atoms with Gasteiger partial charge in [-0.2, -0.15) is 0 Å². The second-order valence-electron chi connectivity index (χ2n) is 2.00. The van der Waals surface area contributed by atoms with Crippen molar-refractivity contribution in [2.24, 2.45) is 0 Å². The van der Waals surface area contributed by atoms with Crippen LogP contribution in [0.5, 0.6) is 0 Å². The number of nitrogens with zero attached hydrogens (tertiary/aromatic N) is 1. The summed E-state index contributed by atoms with van der Waals surface area (Å²) in [5.41, 5.74) is 0. The van der Waals surface area contributed by atoms with Gasteiger partial charge in [0.25, 0.3) is 0 Å². The molecule has 0 aromatic carbocycles. The Morgan fingerprint density at radius 3 is 1.45 bits per heavy atom. The third-order valence-electron chi connectivity index (χ3n) is 0.566. The molecule has 0 aliphatic heterocycles. The first-order valence-electron chi connectivity index (χ1n) is 3.02. The molecule has 1 rings (SSSR count). The van der Waals surface area contributed by atoms with E-state index in [2.05, 4.69) is 4.98 Å². The third-order valence-corrected chi connectivity index (χ3v) is 0.566. The van der Waals surface area contributed by atoms with E-state index in [1.54, 1.807) is 12.4 Å². The first-order chi connectivity index (χ1) is 5.00. The van der Waals surface area contributed by atoms with Crippen molar-refractivity contribution in [3.8, 4) is 0 Å². The molecule has 5 heteroatoms. The Kier molecular flexibility index (Phi) is 4.90. The molecule has 1 aromatic rings. The van der Waals surface area contributed by atoms with Crippen LogP contribution in [0.4, 0.5) is 0 Å². The average molecular weight is 177 g/mol. The Morgan fingerprint density at radius 2 is 1.36 bits per heavy atom. The first kappa shape index (κ1) is 10.5. The molecule has 1 heterocycles. The van der Waals surface area contributed by atoms with E-state index >= 15 is 0 Å². The van der Waals surface area contributed by atoms with Gasteiger partial charge in [-0.05, 0) is 12.1 Å². The Bertz CT molecular complexity index is 142. The summed E-state index contributed by atoms with van der Waals surface area (Å²) in [4.78, 5) is 27.1. The number of hydrogen-bond acceptors (Lipinski definition) is 4. The predicted octanol–water partition coefficient (Wildman–Crippen LogP) is 0.170. The van der Waals surface area contributed by atoms with E-state index in [1.807, 2.05) is 18.2 Å². The Morgan fingerprint density at radius 1 is 1.00 bits per heavy atom. The van der Waals surface area contributed by atoms with Crippen molar-refractivity contribution in [3.63, 3.8) is 0 Å². The standard InChI is InChI=1S/C5H5N.CH7O3P/c1-2-4-6-5-3-1;1-5(2,3)4/h1-5H;2-5H,1H3. The zero-order chi connectivity index (χ0) is 8.74. The Labute approximate surface area is 65.7 Å². The van der Waals surface area contributed by atoms with Gasteiger partial charge in [-0.1, -0.05) is 6.07 Å². The maximum absolute atomic E-state index is 7.77. The van der Waals surface area contributed by atoms with Gasteiger partial charge < -0.3 is 0 Å². The van der Waals surface area contributed by atoms with Crippen LogP contribution in [-0.2, 0) is 0 Å². The van der Waals surface area contributed by atoms with Crippen molar-refractivity contribution in [2.75, 3.05) is 6.66 Å². The van der Waals surface area contributed by atoms with Gasteiger partial charge in [-0.15, -0.1) is 0 Å². The van der Waals surface area contributed by atoms with Gasteiger partial charge in [0.15, 0.2) is 0 Å². The average Bonchev–Trinajstić information content (AvgIpc) is 1.88. The van der Waals surface area contributed by atoms with E-state index in [1.165, 1.54) is 0 Å². The van der Waals surface area contributed by atoms with Gasteiger partial charge in [0.1, 0.15) is 0 Å². The topological polar surface area (TPSA) is 73.6 Å². The van der Waals surface area contributed by atoms with Crippen molar-refractivity contribution in [1.29, 1.82) is 0 Å². The van der Waals surface area contributed by atoms with Crippen molar-refractivity contribution in [3.05, 3.63) is 30.6 Å². The quantitative estimate of drug-likeness (QED) is 0.494. The van der Waals surface area contributed by atoms with Crippen LogP contribution in [0.25, 0.3) is 0 Å². The molecule has 3 N–H and O–H groups in total. The molecule has 11 heavy (non-hydrogen) atoms. The van der Waals surface area contributed by atoms with Crippen LogP contribution in [-0.4, -0.2) is 26.3 Å². The van der Waals surface area contributed by atoms with Gasteiger partial charge in [0.05, 0.1) is 0 Å². The first-order valence-corrected chi connectivity index (χ1v) is 5.36. The fourth-order valence-corrected chi connectivity index (χ4v) is 0.313. The van der Waals surface area contributed by atoms with Crippen LogP contribution in [0.15, 0.2) is 30.6 Å². The summed E-state index contributed by atoms with van der Waals surface area (Å²) in [6.45, 7) is 0.993. The van der Waals surface area contributed by atoms with Crippen LogP contribution in [0.1, 0.15) is 0 Å². The minimum absolute atomic E-state index is 0.993. The SMILES string of the molecule is C[PH](O)(O)O.c1ccncc1. The summed E-state index contributed by atoms with van der Waals surface area (Å²) in [7, 11) is -3.61. The van der Waals surface area contributed by atoms with Crippen LogP contribution in [0.3, 0.4) is 0 Å². The van der Waals surface area contributed by atoms with Gasteiger partial charge in [0.2, 0.25) is 0 Å². The zero-order valence-electron chi connectivity index (χ0n) is 6.18. The second kappa shape index (κ2) is 5.16. The summed E-state index contributed by atoms with van der Waals surface area (Å²) in [6.07, 6.45) is 3.50. The Balaban J connectivity index is 0.000000187. The largest absolute Gasteiger partial charge is 0.265 e. The molecule has 64 valence electrons. The summed E-state index contributed by atoms with van der Waals surface area (Å²) in [6, 6.07) is 5.72. The van der Waals surface area contributed by atoms with Gasteiger partial charge in [-0.25, -0.2) is 0 Å². The van der Waals surface area contributed by atoms with Crippen molar-refractivity contribution < 1.29 is 14.7 Å². The second-order valence-corrected chi connectivity index (χ2v) is 3.94. The summed E-state index contributed by atoms with van der Waals surface area (Å²) in [5.74, 6) is 0. The van der Waals surface area contributed by atoms with Crippen LogP contribution < -0.4 is 0 Å². The summed E-state index contributed by atoms with van der Waals surface area (Å²) < 4.78 is 0. The molecule has 0 radical (unpaired) electrons. The molecular formula is C6H12NO3P. The molecular weight excluding hydrogens is 165 g/mol. The van der Waals surface area contributed by atoms with Crippen LogP contribution in [0.2, 0.25) is 0 Å². The number of hydrogen-bond donors (Lipinski definition) is 3. The number of pyridine rings is 1. The summed E-state index contributed by atoms with van der Waals surface area (Å²) >= 11 is 0. The minimum atomic E-state index is -3.61. The third kappa shape index (κ3) is 17.7. The predicted molar refractivity (Wildman–Crippen MR) is 45.1 cm³/mol. The van der Waals surface area contributed by atoms with Crippen molar-refractivity contribution in [1.82, 2.24) is 4.98 Å².